The lowest BCUT2D eigenvalue weighted by Crippen LogP contribution is -2.24. The number of halogens is 3. The Bertz CT molecular complexity index is 1430. The molecule has 176 valence electrons. The number of aromatic nitrogens is 6. The van der Waals surface area contributed by atoms with E-state index in [4.69, 9.17) is 4.52 Å². The van der Waals surface area contributed by atoms with Crippen molar-refractivity contribution in [2.45, 2.75) is 22.9 Å². The first-order valence-corrected chi connectivity index (χ1v) is 11.4. The molecule has 9 nitrogen and oxygen atoms in total. The van der Waals surface area contributed by atoms with E-state index in [0.29, 0.717) is 34.7 Å². The van der Waals surface area contributed by atoms with Gasteiger partial charge in [-0.15, -0.1) is 0 Å². The molecule has 4 heterocycles. The molecule has 34 heavy (non-hydrogen) atoms. The number of hydrogen-bond donors (Lipinski definition) is 0. The van der Waals surface area contributed by atoms with Gasteiger partial charge >= 0.3 is 5.51 Å². The highest BCUT2D eigenvalue weighted by molar-refractivity contribution is 8.00. The first-order chi connectivity index (χ1) is 16.3. The van der Waals surface area contributed by atoms with Gasteiger partial charge < -0.3 is 14.0 Å². The second-order valence-corrected chi connectivity index (χ2v) is 9.69. The second kappa shape index (κ2) is 7.58. The van der Waals surface area contributed by atoms with Crippen molar-refractivity contribution in [3.8, 4) is 0 Å². The Hall–Kier alpha value is -3.35. The molecule has 0 unspecified atom stereocenters. The zero-order valence-electron chi connectivity index (χ0n) is 17.8. The first-order valence-electron chi connectivity index (χ1n) is 10.6. The van der Waals surface area contributed by atoms with Gasteiger partial charge in [-0.3, -0.25) is 9.36 Å². The van der Waals surface area contributed by atoms with Crippen molar-refractivity contribution in [3.63, 3.8) is 0 Å². The lowest BCUT2D eigenvalue weighted by molar-refractivity contribution is -0.0328. The molecular formula is C21H18F3N7O2S. The van der Waals surface area contributed by atoms with Crippen molar-refractivity contribution in [1.29, 1.82) is 0 Å². The Balaban J connectivity index is 1.12. The average Bonchev–Trinajstić information content (AvgIpc) is 3.19. The molecule has 1 saturated heterocycles. The maximum absolute atomic E-state index is 12.7. The van der Waals surface area contributed by atoms with Crippen LogP contribution in [0.2, 0.25) is 0 Å². The predicted molar refractivity (Wildman–Crippen MR) is 116 cm³/mol. The third-order valence-electron chi connectivity index (χ3n) is 6.40. The summed E-state index contributed by atoms with van der Waals surface area (Å²) in [6.45, 7) is 1.55. The van der Waals surface area contributed by atoms with Gasteiger partial charge in [-0.25, -0.2) is 9.97 Å². The highest BCUT2D eigenvalue weighted by Crippen LogP contribution is 2.58. The number of hydrogen-bond acceptors (Lipinski definition) is 8. The smallest absolute Gasteiger partial charge is 0.371 e. The van der Waals surface area contributed by atoms with Crippen LogP contribution in [0.3, 0.4) is 0 Å². The molecule has 1 saturated carbocycles. The number of anilines is 1. The van der Waals surface area contributed by atoms with Gasteiger partial charge in [-0.2, -0.15) is 18.2 Å². The van der Waals surface area contributed by atoms with Gasteiger partial charge in [0, 0.05) is 36.6 Å². The number of piperidine rings is 1. The SMILES string of the molecule is Cn1cnc2ncn(Cc3nc([C@H]4[C@@H]5CN(c6cccc(SC(F)(F)F)c6)C[C@@H]54)no3)c(=O)c21. The fourth-order valence-electron chi connectivity index (χ4n) is 4.80. The van der Waals surface area contributed by atoms with Crippen LogP contribution in [0.5, 0.6) is 0 Å². The maximum atomic E-state index is 12.7. The van der Waals surface area contributed by atoms with Crippen LogP contribution in [0.25, 0.3) is 11.2 Å². The molecule has 0 bridgehead atoms. The first kappa shape index (κ1) is 21.2. The highest BCUT2D eigenvalue weighted by atomic mass is 32.2. The van der Waals surface area contributed by atoms with E-state index in [2.05, 4.69) is 25.0 Å². The van der Waals surface area contributed by atoms with Crippen LogP contribution >= 0.6 is 11.8 Å². The van der Waals surface area contributed by atoms with Gasteiger partial charge in [0.25, 0.3) is 5.56 Å². The molecule has 2 fully saturated rings. The van der Waals surface area contributed by atoms with Gasteiger partial charge in [0.2, 0.25) is 5.89 Å². The fourth-order valence-corrected chi connectivity index (χ4v) is 5.39. The van der Waals surface area contributed by atoms with E-state index in [0.717, 1.165) is 18.8 Å². The normalized spacial score (nSPS) is 21.9. The van der Waals surface area contributed by atoms with Crippen LogP contribution in [-0.2, 0) is 13.6 Å². The zero-order valence-corrected chi connectivity index (χ0v) is 18.6. The summed E-state index contributed by atoms with van der Waals surface area (Å²) in [5, 5.41) is 4.12. The van der Waals surface area contributed by atoms with Crippen LogP contribution in [0, 0.1) is 11.8 Å². The Morgan fingerprint density at radius 3 is 2.71 bits per heavy atom. The van der Waals surface area contributed by atoms with Crippen LogP contribution in [0.1, 0.15) is 17.6 Å². The molecule has 2 aliphatic rings. The number of imidazole rings is 1. The van der Waals surface area contributed by atoms with Gasteiger partial charge in [-0.1, -0.05) is 11.2 Å². The summed E-state index contributed by atoms with van der Waals surface area (Å²) in [4.78, 5) is 27.7. The minimum atomic E-state index is -4.31. The summed E-state index contributed by atoms with van der Waals surface area (Å²) in [7, 11) is 1.73. The van der Waals surface area contributed by atoms with E-state index in [-0.39, 0.29) is 34.7 Å². The van der Waals surface area contributed by atoms with Crippen molar-refractivity contribution in [2.75, 3.05) is 18.0 Å². The molecule has 1 aliphatic carbocycles. The molecule has 6 rings (SSSR count). The summed E-state index contributed by atoms with van der Waals surface area (Å²) < 4.78 is 46.5. The quantitative estimate of drug-likeness (QED) is 0.395. The van der Waals surface area contributed by atoms with E-state index in [1.54, 1.807) is 23.7 Å². The Kier molecular flexibility index (Phi) is 4.73. The Morgan fingerprint density at radius 1 is 1.18 bits per heavy atom. The van der Waals surface area contributed by atoms with E-state index in [1.165, 1.54) is 23.3 Å². The zero-order chi connectivity index (χ0) is 23.6. The highest BCUT2D eigenvalue weighted by Gasteiger charge is 2.58. The van der Waals surface area contributed by atoms with Gasteiger partial charge in [-0.05, 0) is 41.8 Å². The third kappa shape index (κ3) is 3.73. The number of aryl methyl sites for hydroxylation is 1. The average molecular weight is 489 g/mol. The van der Waals surface area contributed by atoms with Crippen molar-refractivity contribution < 1.29 is 17.7 Å². The van der Waals surface area contributed by atoms with Crippen LogP contribution < -0.4 is 10.5 Å². The largest absolute Gasteiger partial charge is 0.446 e. The fraction of sp³-hybridized carbons (Fsp3) is 0.381. The molecule has 0 amide bonds. The molecule has 1 aromatic carbocycles. The molecule has 13 heteroatoms. The molecule has 4 aromatic rings. The van der Waals surface area contributed by atoms with Crippen LogP contribution in [0.15, 0.2) is 51.1 Å². The predicted octanol–water partition coefficient (Wildman–Crippen LogP) is 3.02. The van der Waals surface area contributed by atoms with Gasteiger partial charge in [0.05, 0.1) is 6.33 Å². The lowest BCUT2D eigenvalue weighted by atomic mass is 10.2. The lowest BCUT2D eigenvalue weighted by Gasteiger charge is -2.22. The molecular weight excluding hydrogens is 471 g/mol. The van der Waals surface area contributed by atoms with Crippen LogP contribution in [0.4, 0.5) is 18.9 Å². The van der Waals surface area contributed by atoms with E-state index in [1.807, 2.05) is 6.07 Å². The summed E-state index contributed by atoms with van der Waals surface area (Å²) >= 11 is -0.103. The van der Waals surface area contributed by atoms with Crippen LogP contribution in [-0.4, -0.2) is 47.8 Å². The van der Waals surface area contributed by atoms with Gasteiger partial charge in [0.1, 0.15) is 12.9 Å². The molecule has 3 aromatic heterocycles. The number of rotatable bonds is 5. The van der Waals surface area contributed by atoms with Crippen molar-refractivity contribution >= 4 is 28.6 Å². The molecule has 0 radical (unpaired) electrons. The summed E-state index contributed by atoms with van der Waals surface area (Å²) in [5.41, 5.74) is -2.98. The maximum Gasteiger partial charge on any atom is 0.446 e. The topological polar surface area (TPSA) is 94.9 Å². The molecule has 1 aliphatic heterocycles. The Labute approximate surface area is 194 Å². The van der Waals surface area contributed by atoms with Crippen molar-refractivity contribution in [1.82, 2.24) is 29.2 Å². The summed E-state index contributed by atoms with van der Waals surface area (Å²) in [5.74, 6) is 1.71. The standard InChI is InChI=1S/C21H18F3N7O2S/c1-29-9-25-19-17(29)20(32)31(10-26-19)8-15-27-18(28-33-15)16-13-6-30(7-14(13)16)11-3-2-4-12(5-11)34-21(22,23)24/h2-5,9-10,13-14,16H,6-8H2,1H3/t13-,14+,16+. The minimum Gasteiger partial charge on any atom is -0.371 e. The van der Waals surface area contributed by atoms with Gasteiger partial charge in [0.15, 0.2) is 17.0 Å². The molecule has 0 N–H and O–H groups in total. The summed E-state index contributed by atoms with van der Waals surface area (Å²) in [6.07, 6.45) is 2.95. The molecule has 0 spiro atoms. The number of alkyl halides is 3. The number of thioether (sulfide) groups is 1. The summed E-state index contributed by atoms with van der Waals surface area (Å²) in [6, 6.07) is 6.53. The van der Waals surface area contributed by atoms with Crippen molar-refractivity contribution in [3.05, 3.63) is 59.0 Å². The van der Waals surface area contributed by atoms with Crippen molar-refractivity contribution in [2.24, 2.45) is 18.9 Å². The monoisotopic (exact) mass is 489 g/mol. The van der Waals surface area contributed by atoms with E-state index in [9.17, 15) is 18.0 Å². The Morgan fingerprint density at radius 2 is 1.94 bits per heavy atom. The number of nitrogens with zero attached hydrogens (tertiary/aromatic N) is 7. The number of benzene rings is 1. The van der Waals surface area contributed by atoms with E-state index >= 15 is 0 Å². The minimum absolute atomic E-state index is 0.103. The van der Waals surface area contributed by atoms with E-state index < -0.39 is 5.51 Å². The molecule has 3 atom stereocenters. The number of fused-ring (bicyclic) bond motifs is 2. The second-order valence-electron chi connectivity index (χ2n) is 8.56. The third-order valence-corrected chi connectivity index (χ3v) is 7.12.